The molecule has 2 heterocycles. The van der Waals surface area contributed by atoms with Crippen LogP contribution in [-0.2, 0) is 4.74 Å². The van der Waals surface area contributed by atoms with Crippen LogP contribution < -0.4 is 10.3 Å². The summed E-state index contributed by atoms with van der Waals surface area (Å²) in [6, 6.07) is 7.35. The molecule has 1 N–H and O–H groups in total. The van der Waals surface area contributed by atoms with E-state index in [9.17, 15) is 4.79 Å². The quantitative estimate of drug-likeness (QED) is 0.857. The first-order valence-electron chi connectivity index (χ1n) is 8.19. The second-order valence-electron chi connectivity index (χ2n) is 6.01. The maximum Gasteiger partial charge on any atom is 0.280 e. The molecule has 1 atom stereocenters. The van der Waals surface area contributed by atoms with Crippen molar-refractivity contribution in [2.75, 3.05) is 20.3 Å². The fourth-order valence-corrected chi connectivity index (χ4v) is 2.99. The first-order valence-corrected chi connectivity index (χ1v) is 8.19. The molecular weight excluding hydrogens is 306 g/mol. The minimum Gasteiger partial charge on any atom is -0.497 e. The largest absolute Gasteiger partial charge is 0.497 e. The van der Waals surface area contributed by atoms with E-state index >= 15 is 0 Å². The molecule has 0 amide bonds. The summed E-state index contributed by atoms with van der Waals surface area (Å²) in [6.07, 6.45) is 2.31. The van der Waals surface area contributed by atoms with Gasteiger partial charge in [0.15, 0.2) is 0 Å². The Morgan fingerprint density at radius 1 is 1.42 bits per heavy atom. The van der Waals surface area contributed by atoms with Gasteiger partial charge in [-0.15, -0.1) is 0 Å². The lowest BCUT2D eigenvalue weighted by Gasteiger charge is -2.06. The summed E-state index contributed by atoms with van der Waals surface area (Å²) in [4.78, 5) is 17.3. The zero-order chi connectivity index (χ0) is 17.1. The first kappa shape index (κ1) is 16.5. The van der Waals surface area contributed by atoms with Crippen LogP contribution in [0.5, 0.6) is 5.75 Å². The number of nitrogens with zero attached hydrogens (tertiary/aromatic N) is 2. The van der Waals surface area contributed by atoms with Crippen molar-refractivity contribution < 1.29 is 9.47 Å². The molecule has 1 aromatic carbocycles. The number of aryl methyl sites for hydroxylation is 1. The summed E-state index contributed by atoms with van der Waals surface area (Å²) in [5.74, 6) is 0.754. The van der Waals surface area contributed by atoms with E-state index < -0.39 is 0 Å². The van der Waals surface area contributed by atoms with Crippen molar-refractivity contribution in [2.45, 2.75) is 32.8 Å². The number of rotatable bonds is 5. The van der Waals surface area contributed by atoms with E-state index in [0.717, 1.165) is 42.3 Å². The maximum atomic E-state index is 12.8. The molecule has 0 aliphatic carbocycles. The van der Waals surface area contributed by atoms with E-state index in [1.54, 1.807) is 7.11 Å². The second-order valence-corrected chi connectivity index (χ2v) is 6.01. The SMILES string of the molecule is COc1ccc(-n2[nH]c(C)c(C(C)=NC[C@H]3CCCO3)c2=O)cc1. The third kappa shape index (κ3) is 3.28. The van der Waals surface area contributed by atoms with E-state index in [0.29, 0.717) is 12.1 Å². The predicted octanol–water partition coefficient (Wildman–Crippen LogP) is 2.47. The van der Waals surface area contributed by atoms with Gasteiger partial charge in [-0.2, -0.15) is 0 Å². The number of aromatic amines is 1. The number of hydrogen-bond donors (Lipinski definition) is 1. The Morgan fingerprint density at radius 3 is 2.79 bits per heavy atom. The molecule has 24 heavy (non-hydrogen) atoms. The van der Waals surface area contributed by atoms with E-state index in [4.69, 9.17) is 9.47 Å². The number of ether oxygens (including phenoxy) is 2. The summed E-state index contributed by atoms with van der Waals surface area (Å²) < 4.78 is 12.3. The van der Waals surface area contributed by atoms with Crippen LogP contribution in [0, 0.1) is 6.92 Å². The van der Waals surface area contributed by atoms with Gasteiger partial charge >= 0.3 is 0 Å². The summed E-state index contributed by atoms with van der Waals surface area (Å²) in [5, 5.41) is 3.13. The van der Waals surface area contributed by atoms with Crippen molar-refractivity contribution in [3.63, 3.8) is 0 Å². The van der Waals surface area contributed by atoms with Gasteiger partial charge < -0.3 is 9.47 Å². The average molecular weight is 329 g/mol. The van der Waals surface area contributed by atoms with Crippen LogP contribution >= 0.6 is 0 Å². The van der Waals surface area contributed by atoms with Crippen LogP contribution in [0.4, 0.5) is 0 Å². The third-order valence-corrected chi connectivity index (χ3v) is 4.32. The summed E-state index contributed by atoms with van der Waals surface area (Å²) in [7, 11) is 1.62. The molecule has 0 unspecified atom stereocenters. The zero-order valence-corrected chi connectivity index (χ0v) is 14.3. The highest BCUT2D eigenvalue weighted by molar-refractivity contribution is 5.99. The molecule has 0 radical (unpaired) electrons. The number of methoxy groups -OCH3 is 1. The minimum absolute atomic E-state index is 0.0914. The molecule has 1 aliphatic heterocycles. The number of benzene rings is 1. The van der Waals surface area contributed by atoms with Gasteiger partial charge in [0.2, 0.25) is 0 Å². The lowest BCUT2D eigenvalue weighted by Crippen LogP contribution is -2.20. The van der Waals surface area contributed by atoms with Crippen molar-refractivity contribution in [2.24, 2.45) is 4.99 Å². The van der Waals surface area contributed by atoms with Gasteiger partial charge in [0.1, 0.15) is 5.75 Å². The number of aromatic nitrogens is 2. The van der Waals surface area contributed by atoms with Crippen LogP contribution in [-0.4, -0.2) is 41.9 Å². The van der Waals surface area contributed by atoms with Crippen LogP contribution in [0.2, 0.25) is 0 Å². The Kier molecular flexibility index (Phi) is 4.85. The van der Waals surface area contributed by atoms with Gasteiger partial charge in [0.25, 0.3) is 5.56 Å². The van der Waals surface area contributed by atoms with Gasteiger partial charge in [-0.3, -0.25) is 14.9 Å². The van der Waals surface area contributed by atoms with Crippen LogP contribution in [0.1, 0.15) is 31.0 Å². The molecule has 3 rings (SSSR count). The number of aliphatic imine (C=N–C) groups is 1. The van der Waals surface area contributed by atoms with Gasteiger partial charge in [-0.05, 0) is 51.0 Å². The summed E-state index contributed by atoms with van der Waals surface area (Å²) >= 11 is 0. The zero-order valence-electron chi connectivity index (χ0n) is 14.3. The molecule has 1 aromatic heterocycles. The highest BCUT2D eigenvalue weighted by Gasteiger charge is 2.17. The van der Waals surface area contributed by atoms with Gasteiger partial charge in [-0.25, -0.2) is 4.68 Å². The molecule has 2 aromatic rings. The Hall–Kier alpha value is -2.34. The normalized spacial score (nSPS) is 18.1. The van der Waals surface area contributed by atoms with Crippen molar-refractivity contribution in [1.29, 1.82) is 0 Å². The fraction of sp³-hybridized carbons (Fsp3) is 0.444. The topological polar surface area (TPSA) is 68.6 Å². The van der Waals surface area contributed by atoms with Gasteiger partial charge in [0.05, 0.1) is 31.0 Å². The summed E-state index contributed by atoms with van der Waals surface area (Å²) in [6.45, 7) is 5.19. The van der Waals surface area contributed by atoms with Gasteiger partial charge in [0, 0.05) is 18.0 Å². The Balaban J connectivity index is 1.87. The molecule has 1 saturated heterocycles. The van der Waals surface area contributed by atoms with Crippen LogP contribution in [0.15, 0.2) is 34.1 Å². The Labute approximate surface area is 141 Å². The van der Waals surface area contributed by atoms with E-state index in [1.807, 2.05) is 38.1 Å². The van der Waals surface area contributed by atoms with E-state index in [2.05, 4.69) is 10.1 Å². The molecule has 0 saturated carbocycles. The Morgan fingerprint density at radius 2 is 2.17 bits per heavy atom. The Bertz CT molecular complexity index is 781. The molecule has 128 valence electrons. The minimum atomic E-state index is -0.0914. The van der Waals surface area contributed by atoms with Gasteiger partial charge in [-0.1, -0.05) is 0 Å². The van der Waals surface area contributed by atoms with E-state index in [1.165, 1.54) is 4.68 Å². The highest BCUT2D eigenvalue weighted by atomic mass is 16.5. The lowest BCUT2D eigenvalue weighted by molar-refractivity contribution is 0.118. The molecule has 0 bridgehead atoms. The molecule has 1 fully saturated rings. The lowest BCUT2D eigenvalue weighted by atomic mass is 10.1. The molecule has 1 aliphatic rings. The predicted molar refractivity (Wildman–Crippen MR) is 93.7 cm³/mol. The molecule has 6 nitrogen and oxygen atoms in total. The van der Waals surface area contributed by atoms with Crippen LogP contribution in [0.3, 0.4) is 0 Å². The van der Waals surface area contributed by atoms with Crippen molar-refractivity contribution in [3.05, 3.63) is 45.9 Å². The second kappa shape index (κ2) is 7.05. The monoisotopic (exact) mass is 329 g/mol. The summed E-state index contributed by atoms with van der Waals surface area (Å²) in [5.41, 5.74) is 2.86. The first-order chi connectivity index (χ1) is 11.6. The number of nitrogens with one attached hydrogen (secondary N) is 1. The van der Waals surface area contributed by atoms with Crippen molar-refractivity contribution in [3.8, 4) is 11.4 Å². The number of hydrogen-bond acceptors (Lipinski definition) is 4. The fourth-order valence-electron chi connectivity index (χ4n) is 2.99. The molecule has 0 spiro atoms. The van der Waals surface area contributed by atoms with E-state index in [-0.39, 0.29) is 11.7 Å². The third-order valence-electron chi connectivity index (χ3n) is 4.32. The van der Waals surface area contributed by atoms with Crippen molar-refractivity contribution >= 4 is 5.71 Å². The molecular formula is C18H23N3O3. The average Bonchev–Trinajstić information content (AvgIpc) is 3.21. The smallest absolute Gasteiger partial charge is 0.280 e. The molecule has 6 heteroatoms. The van der Waals surface area contributed by atoms with Crippen molar-refractivity contribution in [1.82, 2.24) is 9.78 Å². The number of H-pyrrole nitrogens is 1. The maximum absolute atomic E-state index is 12.8. The standard InChI is InChI=1S/C18H23N3O3/c1-12(19-11-16-5-4-10-24-16)17-13(2)20-21(18(17)22)14-6-8-15(23-3)9-7-14/h6-9,16,20H,4-5,10-11H2,1-3H3/t16-/m1/s1. The van der Waals surface area contributed by atoms with Crippen LogP contribution in [0.25, 0.3) is 5.69 Å². The highest BCUT2D eigenvalue weighted by Crippen LogP contribution is 2.15.